The molecule has 2 aromatic rings. The lowest BCUT2D eigenvalue weighted by atomic mass is 10.2. The molecule has 0 aliphatic rings. The van der Waals surface area contributed by atoms with Gasteiger partial charge in [-0.3, -0.25) is 4.79 Å². The van der Waals surface area contributed by atoms with Gasteiger partial charge >= 0.3 is 0 Å². The summed E-state index contributed by atoms with van der Waals surface area (Å²) in [6, 6.07) is 10.5. The third-order valence-electron chi connectivity index (χ3n) is 2.55. The fourth-order valence-electron chi connectivity index (χ4n) is 1.60. The van der Waals surface area contributed by atoms with E-state index in [0.717, 1.165) is 5.56 Å². The summed E-state index contributed by atoms with van der Waals surface area (Å²) in [6.07, 6.45) is 0. The van der Waals surface area contributed by atoms with E-state index in [0.29, 0.717) is 25.8 Å². The second kappa shape index (κ2) is 5.95. The number of anilines is 1. The molecule has 0 heterocycles. The number of amides is 1. The minimum Gasteiger partial charge on any atom is -0.321 e. The Kier molecular flexibility index (Phi) is 4.50. The molecule has 0 atom stereocenters. The number of benzene rings is 2. The van der Waals surface area contributed by atoms with Crippen LogP contribution in [0.25, 0.3) is 0 Å². The Morgan fingerprint density at radius 1 is 1.16 bits per heavy atom. The Balaban J connectivity index is 2.28. The summed E-state index contributed by atoms with van der Waals surface area (Å²) in [4.78, 5) is 12.2. The molecule has 1 N–H and O–H groups in total. The Labute approximate surface area is 129 Å². The Morgan fingerprint density at radius 3 is 2.58 bits per heavy atom. The van der Waals surface area contributed by atoms with Crippen LogP contribution >= 0.6 is 39.1 Å². The zero-order chi connectivity index (χ0) is 14.0. The Bertz CT molecular complexity index is 643. The summed E-state index contributed by atoms with van der Waals surface area (Å²) in [7, 11) is 0. The molecule has 2 rings (SSSR count). The van der Waals surface area contributed by atoms with E-state index in [-0.39, 0.29) is 5.91 Å². The van der Waals surface area contributed by atoms with E-state index in [1.807, 2.05) is 19.1 Å². The van der Waals surface area contributed by atoms with Gasteiger partial charge in [0.05, 0.1) is 16.3 Å². The summed E-state index contributed by atoms with van der Waals surface area (Å²) in [5.41, 5.74) is 2.12. The molecular weight excluding hydrogens is 349 g/mol. The molecule has 0 aliphatic carbocycles. The molecule has 2 aromatic carbocycles. The van der Waals surface area contributed by atoms with E-state index in [1.54, 1.807) is 24.3 Å². The third kappa shape index (κ3) is 3.50. The van der Waals surface area contributed by atoms with Gasteiger partial charge in [0.1, 0.15) is 0 Å². The largest absolute Gasteiger partial charge is 0.321 e. The van der Waals surface area contributed by atoms with Gasteiger partial charge in [-0.1, -0.05) is 29.3 Å². The van der Waals surface area contributed by atoms with Crippen LogP contribution in [0.2, 0.25) is 10.0 Å². The van der Waals surface area contributed by atoms with Crippen LogP contribution in [0.4, 0.5) is 5.69 Å². The predicted molar refractivity (Wildman–Crippen MR) is 83.3 cm³/mol. The van der Waals surface area contributed by atoms with E-state index in [4.69, 9.17) is 23.2 Å². The van der Waals surface area contributed by atoms with Crippen LogP contribution in [0.1, 0.15) is 15.9 Å². The molecule has 0 saturated heterocycles. The van der Waals surface area contributed by atoms with E-state index in [1.165, 1.54) is 0 Å². The highest BCUT2D eigenvalue weighted by Gasteiger charge is 2.12. The molecule has 19 heavy (non-hydrogen) atoms. The highest BCUT2D eigenvalue weighted by Crippen LogP contribution is 2.26. The first-order valence-corrected chi connectivity index (χ1v) is 7.05. The van der Waals surface area contributed by atoms with Gasteiger partial charge in [0.2, 0.25) is 0 Å². The van der Waals surface area contributed by atoms with Crippen molar-refractivity contribution in [3.63, 3.8) is 0 Å². The average molecular weight is 359 g/mol. The van der Waals surface area contributed by atoms with E-state index < -0.39 is 0 Å². The number of nitrogens with one attached hydrogen (secondary N) is 1. The van der Waals surface area contributed by atoms with Crippen LogP contribution in [-0.2, 0) is 0 Å². The van der Waals surface area contributed by atoms with Gasteiger partial charge in [0.25, 0.3) is 5.91 Å². The maximum atomic E-state index is 12.2. The molecule has 98 valence electrons. The van der Waals surface area contributed by atoms with Gasteiger partial charge in [-0.15, -0.1) is 0 Å². The molecule has 1 amide bonds. The van der Waals surface area contributed by atoms with Crippen molar-refractivity contribution < 1.29 is 4.79 Å². The summed E-state index contributed by atoms with van der Waals surface area (Å²) in [5, 5.41) is 3.85. The monoisotopic (exact) mass is 357 g/mol. The van der Waals surface area contributed by atoms with Crippen molar-refractivity contribution in [3.8, 4) is 0 Å². The van der Waals surface area contributed by atoms with E-state index in [9.17, 15) is 4.79 Å². The zero-order valence-electron chi connectivity index (χ0n) is 10.0. The van der Waals surface area contributed by atoms with Crippen molar-refractivity contribution in [3.05, 3.63) is 62.0 Å². The lowest BCUT2D eigenvalue weighted by Crippen LogP contribution is -2.13. The van der Waals surface area contributed by atoms with Gasteiger partial charge in [-0.25, -0.2) is 0 Å². The maximum absolute atomic E-state index is 12.2. The van der Waals surface area contributed by atoms with Crippen LogP contribution in [0.5, 0.6) is 0 Å². The first-order valence-electron chi connectivity index (χ1n) is 5.50. The summed E-state index contributed by atoms with van der Waals surface area (Å²) in [5.74, 6) is -0.240. The second-order valence-corrected chi connectivity index (χ2v) is 5.76. The van der Waals surface area contributed by atoms with Crippen LogP contribution in [0.15, 0.2) is 40.9 Å². The maximum Gasteiger partial charge on any atom is 0.256 e. The number of carbonyl (C=O) groups is 1. The number of carbonyl (C=O) groups excluding carboxylic acids is 1. The summed E-state index contributed by atoms with van der Waals surface area (Å²) in [6.45, 7) is 1.93. The summed E-state index contributed by atoms with van der Waals surface area (Å²) < 4.78 is 0.640. The van der Waals surface area contributed by atoms with Crippen molar-refractivity contribution >= 4 is 50.7 Å². The number of aryl methyl sites for hydroxylation is 1. The topological polar surface area (TPSA) is 29.1 Å². The first kappa shape index (κ1) is 14.4. The number of rotatable bonds is 2. The lowest BCUT2D eigenvalue weighted by molar-refractivity contribution is 0.102. The molecule has 0 saturated carbocycles. The quantitative estimate of drug-likeness (QED) is 0.773. The Morgan fingerprint density at radius 2 is 1.89 bits per heavy atom. The van der Waals surface area contributed by atoms with Crippen molar-refractivity contribution in [1.82, 2.24) is 0 Å². The fraction of sp³-hybridized carbons (Fsp3) is 0.0714. The predicted octanol–water partition coefficient (Wildman–Crippen LogP) is 5.32. The highest BCUT2D eigenvalue weighted by atomic mass is 79.9. The molecule has 0 unspecified atom stereocenters. The molecule has 0 aromatic heterocycles. The zero-order valence-corrected chi connectivity index (χ0v) is 13.1. The van der Waals surface area contributed by atoms with Gasteiger partial charge in [0.15, 0.2) is 0 Å². The first-order chi connectivity index (χ1) is 8.97. The van der Waals surface area contributed by atoms with Crippen LogP contribution in [0.3, 0.4) is 0 Å². The molecule has 0 radical (unpaired) electrons. The standard InChI is InChI=1S/C14H10BrCl2NO/c1-8-2-5-12(17)13(6-8)18-14(19)10-4-3-9(16)7-11(10)15/h2-7H,1H3,(H,18,19). The lowest BCUT2D eigenvalue weighted by Gasteiger charge is -2.09. The van der Waals surface area contributed by atoms with Crippen LogP contribution in [0, 0.1) is 6.92 Å². The average Bonchev–Trinajstić information content (AvgIpc) is 2.33. The third-order valence-corrected chi connectivity index (χ3v) is 3.77. The normalized spacial score (nSPS) is 10.3. The van der Waals surface area contributed by atoms with Crippen LogP contribution < -0.4 is 5.32 Å². The van der Waals surface area contributed by atoms with Crippen molar-refractivity contribution in [2.75, 3.05) is 5.32 Å². The smallest absolute Gasteiger partial charge is 0.256 e. The van der Waals surface area contributed by atoms with E-state index >= 15 is 0 Å². The van der Waals surface area contributed by atoms with Crippen molar-refractivity contribution in [1.29, 1.82) is 0 Å². The molecule has 0 spiro atoms. The van der Waals surface area contributed by atoms with Gasteiger partial charge in [-0.2, -0.15) is 0 Å². The minimum atomic E-state index is -0.240. The Hall–Kier alpha value is -1.03. The molecule has 2 nitrogen and oxygen atoms in total. The minimum absolute atomic E-state index is 0.240. The molecule has 0 aliphatic heterocycles. The fourth-order valence-corrected chi connectivity index (χ4v) is 2.63. The SMILES string of the molecule is Cc1ccc(Cl)c(NC(=O)c2ccc(Cl)cc2Br)c1. The van der Waals surface area contributed by atoms with Crippen molar-refractivity contribution in [2.24, 2.45) is 0 Å². The number of halogens is 3. The van der Waals surface area contributed by atoms with Crippen molar-refractivity contribution in [2.45, 2.75) is 6.92 Å². The summed E-state index contributed by atoms with van der Waals surface area (Å²) >= 11 is 15.2. The number of hydrogen-bond donors (Lipinski definition) is 1. The molecule has 0 bridgehead atoms. The molecule has 0 fully saturated rings. The van der Waals surface area contributed by atoms with Gasteiger partial charge < -0.3 is 5.32 Å². The highest BCUT2D eigenvalue weighted by molar-refractivity contribution is 9.10. The molecular formula is C14H10BrCl2NO. The number of hydrogen-bond acceptors (Lipinski definition) is 1. The van der Waals surface area contributed by atoms with E-state index in [2.05, 4.69) is 21.2 Å². The van der Waals surface area contributed by atoms with Gasteiger partial charge in [0, 0.05) is 9.50 Å². The second-order valence-electron chi connectivity index (χ2n) is 4.06. The molecule has 5 heteroatoms. The van der Waals surface area contributed by atoms with Gasteiger partial charge in [-0.05, 0) is 58.7 Å². The van der Waals surface area contributed by atoms with Crippen LogP contribution in [-0.4, -0.2) is 5.91 Å².